The fourth-order valence-corrected chi connectivity index (χ4v) is 3.26. The summed E-state index contributed by atoms with van der Waals surface area (Å²) in [6.45, 7) is 8.14. The number of anilines is 1. The van der Waals surface area contributed by atoms with Gasteiger partial charge in [-0.15, -0.1) is 0 Å². The molecule has 0 amide bonds. The lowest BCUT2D eigenvalue weighted by Crippen LogP contribution is -2.39. The van der Waals surface area contributed by atoms with Crippen molar-refractivity contribution in [1.29, 1.82) is 0 Å². The Labute approximate surface area is 120 Å². The molecule has 0 aromatic carbocycles. The van der Waals surface area contributed by atoms with Crippen LogP contribution in [0.25, 0.3) is 0 Å². The largest absolute Gasteiger partial charge is 0.381 e. The molecule has 110 valence electrons. The number of hydrogen-bond donors (Lipinski definition) is 1. The van der Waals surface area contributed by atoms with E-state index in [-0.39, 0.29) is 0 Å². The summed E-state index contributed by atoms with van der Waals surface area (Å²) >= 11 is 0. The molecule has 5 heteroatoms. The Morgan fingerprint density at radius 2 is 1.85 bits per heavy atom. The highest BCUT2D eigenvalue weighted by molar-refractivity contribution is 5.29. The summed E-state index contributed by atoms with van der Waals surface area (Å²) in [7, 11) is 0. The highest BCUT2D eigenvalue weighted by Crippen LogP contribution is 2.21. The summed E-state index contributed by atoms with van der Waals surface area (Å²) in [5.41, 5.74) is 2.05. The maximum Gasteiger partial charge on any atom is 0.223 e. The van der Waals surface area contributed by atoms with E-state index in [4.69, 9.17) is 4.74 Å². The molecule has 1 atom stereocenters. The Hall–Kier alpha value is -1.20. The highest BCUT2D eigenvalue weighted by atomic mass is 16.5. The van der Waals surface area contributed by atoms with Crippen molar-refractivity contribution in [2.24, 2.45) is 0 Å². The molecule has 1 aromatic heterocycles. The summed E-state index contributed by atoms with van der Waals surface area (Å²) < 4.78 is 5.45. The van der Waals surface area contributed by atoms with E-state index in [0.29, 0.717) is 12.1 Å². The minimum atomic E-state index is 0.471. The Kier molecular flexibility index (Phi) is 4.17. The number of hydrogen-bond acceptors (Lipinski definition) is 5. The zero-order chi connectivity index (χ0) is 13.9. The molecule has 3 heterocycles. The lowest BCUT2D eigenvalue weighted by Gasteiger charge is -2.31. The molecule has 0 spiro atoms. The maximum atomic E-state index is 5.45. The normalized spacial score (nSPS) is 25.0. The zero-order valence-corrected chi connectivity index (χ0v) is 12.4. The third-order valence-electron chi connectivity index (χ3n) is 4.24. The van der Waals surface area contributed by atoms with E-state index in [9.17, 15) is 0 Å². The Morgan fingerprint density at radius 1 is 1.15 bits per heavy atom. The van der Waals surface area contributed by atoms with Crippen molar-refractivity contribution in [2.75, 3.05) is 31.6 Å². The summed E-state index contributed by atoms with van der Waals surface area (Å²) in [4.78, 5) is 11.5. The van der Waals surface area contributed by atoms with E-state index in [1.54, 1.807) is 0 Å². The summed E-state index contributed by atoms with van der Waals surface area (Å²) in [5, 5.41) is 3.50. The lowest BCUT2D eigenvalue weighted by molar-refractivity contribution is 0.0421. The van der Waals surface area contributed by atoms with E-state index in [1.165, 1.54) is 25.8 Å². The molecule has 0 bridgehead atoms. The predicted octanol–water partition coefficient (Wildman–Crippen LogP) is 1.76. The first-order chi connectivity index (χ1) is 9.70. The molecule has 0 radical (unpaired) electrons. The molecule has 2 aliphatic rings. The van der Waals surface area contributed by atoms with Crippen LogP contribution in [-0.4, -0.2) is 53.3 Å². The lowest BCUT2D eigenvalue weighted by atomic mass is 10.1. The van der Waals surface area contributed by atoms with Crippen LogP contribution in [0, 0.1) is 13.8 Å². The van der Waals surface area contributed by atoms with Crippen molar-refractivity contribution in [2.45, 2.75) is 45.2 Å². The molecular formula is C15H24N4O. The van der Waals surface area contributed by atoms with Gasteiger partial charge in [-0.2, -0.15) is 0 Å². The van der Waals surface area contributed by atoms with Gasteiger partial charge in [-0.1, -0.05) is 0 Å². The van der Waals surface area contributed by atoms with Gasteiger partial charge in [0.2, 0.25) is 5.95 Å². The number of nitrogens with zero attached hydrogens (tertiary/aromatic N) is 3. The minimum absolute atomic E-state index is 0.471. The summed E-state index contributed by atoms with van der Waals surface area (Å²) in [5.74, 6) is 0.779. The van der Waals surface area contributed by atoms with Gasteiger partial charge in [-0.3, -0.25) is 4.90 Å². The number of nitrogens with one attached hydrogen (secondary N) is 1. The molecule has 2 saturated heterocycles. The van der Waals surface area contributed by atoms with E-state index >= 15 is 0 Å². The zero-order valence-electron chi connectivity index (χ0n) is 12.4. The molecule has 20 heavy (non-hydrogen) atoms. The maximum absolute atomic E-state index is 5.45. The van der Waals surface area contributed by atoms with Gasteiger partial charge in [0, 0.05) is 49.8 Å². The van der Waals surface area contributed by atoms with E-state index in [0.717, 1.165) is 37.1 Å². The molecule has 1 aromatic rings. The minimum Gasteiger partial charge on any atom is -0.381 e. The topological polar surface area (TPSA) is 50.3 Å². The van der Waals surface area contributed by atoms with Crippen molar-refractivity contribution in [1.82, 2.24) is 14.9 Å². The number of ether oxygens (including phenoxy) is 1. The summed E-state index contributed by atoms with van der Waals surface area (Å²) in [6.07, 6.45) is 3.52. The van der Waals surface area contributed by atoms with Crippen LogP contribution < -0.4 is 5.32 Å². The van der Waals surface area contributed by atoms with Crippen LogP contribution in [0.1, 0.15) is 30.7 Å². The smallest absolute Gasteiger partial charge is 0.223 e. The quantitative estimate of drug-likeness (QED) is 0.911. The Balaban J connectivity index is 1.57. The Bertz CT molecular complexity index is 439. The standard InChI is InChI=1S/C15H24N4O/c1-11-9-12(2)17-15(16-11)18-13-3-6-19(10-13)14-4-7-20-8-5-14/h9,13-14H,3-8,10H2,1-2H3,(H,16,17,18). The van der Waals surface area contributed by atoms with Crippen LogP contribution in [0.15, 0.2) is 6.07 Å². The first-order valence-electron chi connectivity index (χ1n) is 7.61. The fourth-order valence-electron chi connectivity index (χ4n) is 3.26. The van der Waals surface area contributed by atoms with Gasteiger partial charge >= 0.3 is 0 Å². The van der Waals surface area contributed by atoms with Gasteiger partial charge in [-0.05, 0) is 39.2 Å². The second kappa shape index (κ2) is 6.06. The summed E-state index contributed by atoms with van der Waals surface area (Å²) in [6, 6.07) is 3.18. The molecule has 3 rings (SSSR count). The first kappa shape index (κ1) is 13.8. The van der Waals surface area contributed by atoms with Crippen LogP contribution >= 0.6 is 0 Å². The van der Waals surface area contributed by atoms with Crippen LogP contribution in [0.4, 0.5) is 5.95 Å². The van der Waals surface area contributed by atoms with Crippen molar-refractivity contribution in [3.8, 4) is 0 Å². The number of likely N-dealkylation sites (tertiary alicyclic amines) is 1. The molecule has 2 fully saturated rings. The van der Waals surface area contributed by atoms with Gasteiger partial charge in [0.25, 0.3) is 0 Å². The number of aromatic nitrogens is 2. The van der Waals surface area contributed by atoms with Gasteiger partial charge in [0.15, 0.2) is 0 Å². The highest BCUT2D eigenvalue weighted by Gasteiger charge is 2.29. The van der Waals surface area contributed by atoms with Gasteiger partial charge < -0.3 is 10.1 Å². The Morgan fingerprint density at radius 3 is 2.55 bits per heavy atom. The molecule has 2 aliphatic heterocycles. The second-order valence-electron chi connectivity index (χ2n) is 5.94. The van der Waals surface area contributed by atoms with Crippen LogP contribution in [0.5, 0.6) is 0 Å². The van der Waals surface area contributed by atoms with E-state index < -0.39 is 0 Å². The van der Waals surface area contributed by atoms with Gasteiger partial charge in [0.05, 0.1) is 0 Å². The van der Waals surface area contributed by atoms with E-state index in [1.807, 2.05) is 19.9 Å². The van der Waals surface area contributed by atoms with Crippen LogP contribution in [0.2, 0.25) is 0 Å². The third kappa shape index (κ3) is 3.27. The number of rotatable bonds is 3. The van der Waals surface area contributed by atoms with Crippen molar-refractivity contribution in [3.63, 3.8) is 0 Å². The molecule has 1 N–H and O–H groups in total. The average molecular weight is 276 g/mol. The van der Waals surface area contributed by atoms with Crippen LogP contribution in [0.3, 0.4) is 0 Å². The molecule has 5 nitrogen and oxygen atoms in total. The SMILES string of the molecule is Cc1cc(C)nc(NC2CCN(C3CCOCC3)C2)n1. The monoisotopic (exact) mass is 276 g/mol. The third-order valence-corrected chi connectivity index (χ3v) is 4.24. The van der Waals surface area contributed by atoms with Crippen molar-refractivity contribution < 1.29 is 4.74 Å². The first-order valence-corrected chi connectivity index (χ1v) is 7.61. The fraction of sp³-hybridized carbons (Fsp3) is 0.733. The van der Waals surface area contributed by atoms with Gasteiger partial charge in [0.1, 0.15) is 0 Å². The molecular weight excluding hydrogens is 252 g/mol. The van der Waals surface area contributed by atoms with E-state index in [2.05, 4.69) is 20.2 Å². The molecule has 0 saturated carbocycles. The average Bonchev–Trinajstić information content (AvgIpc) is 2.87. The molecule has 0 aliphatic carbocycles. The van der Waals surface area contributed by atoms with Gasteiger partial charge in [-0.25, -0.2) is 9.97 Å². The number of aryl methyl sites for hydroxylation is 2. The van der Waals surface area contributed by atoms with Crippen molar-refractivity contribution in [3.05, 3.63) is 17.5 Å². The second-order valence-corrected chi connectivity index (χ2v) is 5.94. The van der Waals surface area contributed by atoms with Crippen LogP contribution in [-0.2, 0) is 4.74 Å². The predicted molar refractivity (Wildman–Crippen MR) is 78.9 cm³/mol. The van der Waals surface area contributed by atoms with Crippen molar-refractivity contribution >= 4 is 5.95 Å². The molecule has 1 unspecified atom stereocenters.